The summed E-state index contributed by atoms with van der Waals surface area (Å²) < 4.78 is 0. The molecule has 0 aromatic heterocycles. The molecule has 0 saturated heterocycles. The molecule has 1 heteroatoms. The molecule has 24 heavy (non-hydrogen) atoms. The number of carbonyl (C=O) groups is 1. The van der Waals surface area contributed by atoms with Gasteiger partial charge in [0.25, 0.3) is 0 Å². The van der Waals surface area contributed by atoms with Gasteiger partial charge in [-0.1, -0.05) is 100 Å². The van der Waals surface area contributed by atoms with E-state index in [-0.39, 0.29) is 11.8 Å². The lowest BCUT2D eigenvalue weighted by atomic mass is 9.79. The lowest BCUT2D eigenvalue weighted by Gasteiger charge is -2.23. The lowest BCUT2D eigenvalue weighted by molar-refractivity contribution is -0.122. The number of hydrogen-bond acceptors (Lipinski definition) is 1. The molecule has 0 bridgehead atoms. The Morgan fingerprint density at radius 2 is 1.08 bits per heavy atom. The van der Waals surface area contributed by atoms with Crippen LogP contribution in [-0.2, 0) is 4.79 Å². The van der Waals surface area contributed by atoms with Gasteiger partial charge in [0.1, 0.15) is 5.78 Å². The molecule has 2 rings (SSSR count). The Morgan fingerprint density at radius 3 is 1.42 bits per heavy atom. The van der Waals surface area contributed by atoms with Crippen LogP contribution in [0.3, 0.4) is 0 Å². The van der Waals surface area contributed by atoms with Crippen molar-refractivity contribution >= 4 is 5.78 Å². The van der Waals surface area contributed by atoms with E-state index in [1.807, 2.05) is 36.4 Å². The number of carbonyl (C=O) groups excluding carboxylic acids is 1. The first kappa shape index (κ1) is 18.4. The van der Waals surface area contributed by atoms with Gasteiger partial charge in [0.05, 0.1) is 0 Å². The van der Waals surface area contributed by atoms with E-state index in [4.69, 9.17) is 0 Å². The highest BCUT2D eigenvalue weighted by Gasteiger charge is 2.28. The fourth-order valence-corrected chi connectivity index (χ4v) is 3.38. The van der Waals surface area contributed by atoms with Crippen molar-refractivity contribution in [2.75, 3.05) is 0 Å². The second-order valence-electron chi connectivity index (χ2n) is 6.61. The number of rotatable bonds is 10. The van der Waals surface area contributed by atoms with Crippen molar-refractivity contribution in [3.05, 3.63) is 71.8 Å². The van der Waals surface area contributed by atoms with E-state index >= 15 is 0 Å². The zero-order valence-electron chi connectivity index (χ0n) is 15.1. The van der Waals surface area contributed by atoms with Gasteiger partial charge in [0.2, 0.25) is 0 Å². The summed E-state index contributed by atoms with van der Waals surface area (Å²) in [5.41, 5.74) is 2.35. The Morgan fingerprint density at radius 1 is 0.708 bits per heavy atom. The Labute approximate surface area is 147 Å². The molecule has 2 atom stereocenters. The summed E-state index contributed by atoms with van der Waals surface area (Å²) in [5.74, 6) is 0.440. The van der Waals surface area contributed by atoms with Crippen molar-refractivity contribution in [3.8, 4) is 0 Å². The molecular weight excluding hydrogens is 292 g/mol. The van der Waals surface area contributed by atoms with Crippen molar-refractivity contribution in [2.45, 2.75) is 64.2 Å². The number of Topliss-reactive ketones (excluding diaryl/α,β-unsaturated/α-hetero) is 1. The van der Waals surface area contributed by atoms with Crippen LogP contribution in [0.5, 0.6) is 0 Å². The van der Waals surface area contributed by atoms with Crippen molar-refractivity contribution in [1.29, 1.82) is 0 Å². The largest absolute Gasteiger partial charge is 0.298 e. The van der Waals surface area contributed by atoms with E-state index in [1.54, 1.807) is 0 Å². The number of ketones is 1. The van der Waals surface area contributed by atoms with Gasteiger partial charge in [0, 0.05) is 11.8 Å². The van der Waals surface area contributed by atoms with Gasteiger partial charge in [-0.3, -0.25) is 4.79 Å². The maximum atomic E-state index is 13.5. The summed E-state index contributed by atoms with van der Waals surface area (Å²) in [6, 6.07) is 20.7. The van der Waals surface area contributed by atoms with E-state index < -0.39 is 0 Å². The zero-order valence-corrected chi connectivity index (χ0v) is 15.1. The predicted molar refractivity (Wildman–Crippen MR) is 102 cm³/mol. The Hall–Kier alpha value is -1.89. The fraction of sp³-hybridized carbons (Fsp3) is 0.435. The number of unbranched alkanes of at least 4 members (excludes halogenated alkanes) is 2. The minimum Gasteiger partial charge on any atom is -0.298 e. The van der Waals surface area contributed by atoms with Crippen LogP contribution in [0.25, 0.3) is 0 Å². The highest BCUT2D eigenvalue weighted by molar-refractivity contribution is 5.91. The first-order chi connectivity index (χ1) is 11.8. The molecule has 0 aliphatic heterocycles. The summed E-state index contributed by atoms with van der Waals surface area (Å²) in [6.45, 7) is 4.39. The molecule has 0 aliphatic carbocycles. The standard InChI is InChI=1S/C23H30O/c1-3-5-17-21(19-13-9-7-10-14-19)23(24)22(18-6-4-2)20-15-11-8-12-16-20/h7-16,21-22H,3-6,17-18H2,1-2H3. The SMILES string of the molecule is CCCCC(C(=O)C(CCCC)c1ccccc1)c1ccccc1. The number of hydrogen-bond donors (Lipinski definition) is 0. The van der Waals surface area contributed by atoms with Crippen LogP contribution in [-0.4, -0.2) is 5.78 Å². The van der Waals surface area contributed by atoms with Crippen LogP contribution in [0, 0.1) is 0 Å². The molecular formula is C23H30O. The maximum absolute atomic E-state index is 13.5. The van der Waals surface area contributed by atoms with E-state index in [1.165, 1.54) is 11.1 Å². The topological polar surface area (TPSA) is 17.1 Å². The quantitative estimate of drug-likeness (QED) is 0.487. The average Bonchev–Trinajstić information content (AvgIpc) is 2.64. The first-order valence-corrected chi connectivity index (χ1v) is 9.41. The van der Waals surface area contributed by atoms with Crippen LogP contribution in [0.15, 0.2) is 60.7 Å². The second kappa shape index (κ2) is 10.1. The monoisotopic (exact) mass is 322 g/mol. The summed E-state index contributed by atoms with van der Waals surface area (Å²) in [6.07, 6.45) is 6.36. The maximum Gasteiger partial charge on any atom is 0.147 e. The summed E-state index contributed by atoms with van der Waals surface area (Å²) >= 11 is 0. The minimum absolute atomic E-state index is 0.0215. The van der Waals surface area contributed by atoms with Crippen LogP contribution in [0.2, 0.25) is 0 Å². The molecule has 0 amide bonds. The van der Waals surface area contributed by atoms with Gasteiger partial charge in [-0.05, 0) is 24.0 Å². The third-order valence-electron chi connectivity index (χ3n) is 4.78. The smallest absolute Gasteiger partial charge is 0.147 e. The second-order valence-corrected chi connectivity index (χ2v) is 6.61. The predicted octanol–water partition coefficient (Wildman–Crippen LogP) is 6.50. The van der Waals surface area contributed by atoms with Crippen molar-refractivity contribution in [1.82, 2.24) is 0 Å². The average molecular weight is 322 g/mol. The molecule has 0 radical (unpaired) electrons. The molecule has 2 unspecified atom stereocenters. The van der Waals surface area contributed by atoms with Crippen LogP contribution < -0.4 is 0 Å². The van der Waals surface area contributed by atoms with Crippen LogP contribution in [0.4, 0.5) is 0 Å². The highest BCUT2D eigenvalue weighted by atomic mass is 16.1. The Bertz CT molecular complexity index is 534. The molecule has 0 saturated carbocycles. The third-order valence-corrected chi connectivity index (χ3v) is 4.78. The van der Waals surface area contributed by atoms with Gasteiger partial charge < -0.3 is 0 Å². The molecule has 0 aliphatic rings. The molecule has 2 aromatic carbocycles. The van der Waals surface area contributed by atoms with Gasteiger partial charge in [-0.25, -0.2) is 0 Å². The third kappa shape index (κ3) is 5.06. The van der Waals surface area contributed by atoms with Crippen molar-refractivity contribution < 1.29 is 4.79 Å². The van der Waals surface area contributed by atoms with Crippen molar-refractivity contribution in [2.24, 2.45) is 0 Å². The summed E-state index contributed by atoms with van der Waals surface area (Å²) in [7, 11) is 0. The van der Waals surface area contributed by atoms with E-state index in [0.717, 1.165) is 38.5 Å². The number of benzene rings is 2. The Balaban J connectivity index is 2.29. The first-order valence-electron chi connectivity index (χ1n) is 9.41. The summed E-state index contributed by atoms with van der Waals surface area (Å²) in [4.78, 5) is 13.5. The fourth-order valence-electron chi connectivity index (χ4n) is 3.38. The van der Waals surface area contributed by atoms with Gasteiger partial charge in [-0.15, -0.1) is 0 Å². The molecule has 128 valence electrons. The highest BCUT2D eigenvalue weighted by Crippen LogP contribution is 2.33. The molecule has 0 fully saturated rings. The zero-order chi connectivity index (χ0) is 17.2. The van der Waals surface area contributed by atoms with Crippen molar-refractivity contribution in [3.63, 3.8) is 0 Å². The van der Waals surface area contributed by atoms with Gasteiger partial charge >= 0.3 is 0 Å². The van der Waals surface area contributed by atoms with Crippen LogP contribution in [0.1, 0.15) is 75.3 Å². The molecule has 0 N–H and O–H groups in total. The van der Waals surface area contributed by atoms with Gasteiger partial charge in [-0.2, -0.15) is 0 Å². The lowest BCUT2D eigenvalue weighted by Crippen LogP contribution is -2.21. The Kier molecular flexibility index (Phi) is 7.74. The normalized spacial score (nSPS) is 13.4. The van der Waals surface area contributed by atoms with E-state index in [0.29, 0.717) is 5.78 Å². The minimum atomic E-state index is 0.0215. The van der Waals surface area contributed by atoms with E-state index in [9.17, 15) is 4.79 Å². The molecule has 0 spiro atoms. The van der Waals surface area contributed by atoms with E-state index in [2.05, 4.69) is 38.1 Å². The van der Waals surface area contributed by atoms with Crippen LogP contribution >= 0.6 is 0 Å². The van der Waals surface area contributed by atoms with Gasteiger partial charge in [0.15, 0.2) is 0 Å². The molecule has 2 aromatic rings. The summed E-state index contributed by atoms with van der Waals surface area (Å²) in [5, 5.41) is 0. The molecule has 0 heterocycles. The molecule has 1 nitrogen and oxygen atoms in total.